The van der Waals surface area contributed by atoms with Crippen molar-refractivity contribution in [1.29, 1.82) is 0 Å². The number of hydrogen-bond acceptors (Lipinski definition) is 7. The number of aryl methyl sites for hydroxylation is 2. The topological polar surface area (TPSA) is 98.2 Å². The highest BCUT2D eigenvalue weighted by molar-refractivity contribution is 5.85. The lowest BCUT2D eigenvalue weighted by Gasteiger charge is -2.32. The van der Waals surface area contributed by atoms with Gasteiger partial charge in [-0.05, 0) is 84.8 Å². The minimum atomic E-state index is -0.0518. The van der Waals surface area contributed by atoms with Crippen LogP contribution in [0, 0.1) is 13.8 Å². The third kappa shape index (κ3) is 6.15. The van der Waals surface area contributed by atoms with Crippen LogP contribution in [-0.4, -0.2) is 50.9 Å². The molecule has 2 heterocycles. The number of methoxy groups -OCH3 is 2. The van der Waals surface area contributed by atoms with E-state index in [1.54, 1.807) is 14.2 Å². The predicted octanol–water partition coefficient (Wildman–Crippen LogP) is 5.85. The van der Waals surface area contributed by atoms with E-state index in [-0.39, 0.29) is 11.6 Å². The van der Waals surface area contributed by atoms with Crippen molar-refractivity contribution in [3.63, 3.8) is 0 Å². The fourth-order valence-electron chi connectivity index (χ4n) is 6.22. The Balaban J connectivity index is 1.51. The van der Waals surface area contributed by atoms with E-state index in [0.29, 0.717) is 24.1 Å². The molecule has 1 saturated carbocycles. The predicted molar refractivity (Wildman–Crippen MR) is 161 cm³/mol. The molecule has 1 N–H and O–H groups in total. The Morgan fingerprint density at radius 1 is 1.02 bits per heavy atom. The van der Waals surface area contributed by atoms with Crippen LogP contribution in [0.2, 0.25) is 0 Å². The SMILES string of the molecule is CCC(c1nnnn1C1CCCCC1)N(CCc1ccc(OC)c(OC)c1)Cc1cc2c(C)ccc(C)c2[nH]c1=O. The number of fused-ring (bicyclic) bond motifs is 1. The van der Waals surface area contributed by atoms with Crippen LogP contribution in [0.5, 0.6) is 11.5 Å². The van der Waals surface area contributed by atoms with E-state index in [9.17, 15) is 4.79 Å². The highest BCUT2D eigenvalue weighted by atomic mass is 16.5. The first kappa shape index (κ1) is 28.8. The van der Waals surface area contributed by atoms with Gasteiger partial charge in [-0.2, -0.15) is 0 Å². The van der Waals surface area contributed by atoms with Gasteiger partial charge in [-0.25, -0.2) is 4.68 Å². The summed E-state index contributed by atoms with van der Waals surface area (Å²) < 4.78 is 13.1. The van der Waals surface area contributed by atoms with Crippen molar-refractivity contribution in [3.8, 4) is 11.5 Å². The number of pyridine rings is 1. The summed E-state index contributed by atoms with van der Waals surface area (Å²) in [4.78, 5) is 18.9. The van der Waals surface area contributed by atoms with Crippen molar-refractivity contribution in [1.82, 2.24) is 30.1 Å². The van der Waals surface area contributed by atoms with E-state index in [0.717, 1.165) is 71.2 Å². The zero-order valence-electron chi connectivity index (χ0n) is 24.9. The van der Waals surface area contributed by atoms with Crippen molar-refractivity contribution in [2.75, 3.05) is 20.8 Å². The molecule has 5 rings (SSSR count). The lowest BCUT2D eigenvalue weighted by atomic mass is 9.95. The fraction of sp³-hybridized carbons (Fsp3) is 0.500. The number of nitrogens with zero attached hydrogens (tertiary/aromatic N) is 5. The van der Waals surface area contributed by atoms with Crippen LogP contribution in [-0.2, 0) is 13.0 Å². The maximum Gasteiger partial charge on any atom is 0.252 e. The number of ether oxygens (including phenoxy) is 2. The van der Waals surface area contributed by atoms with Gasteiger partial charge in [0.15, 0.2) is 17.3 Å². The molecule has 0 bridgehead atoms. The van der Waals surface area contributed by atoms with Crippen LogP contribution in [0.25, 0.3) is 10.9 Å². The number of nitrogens with one attached hydrogen (secondary N) is 1. The quantitative estimate of drug-likeness (QED) is 0.247. The number of rotatable bonds is 11. The van der Waals surface area contributed by atoms with Crippen LogP contribution < -0.4 is 15.0 Å². The second kappa shape index (κ2) is 12.9. The average Bonchev–Trinajstić information content (AvgIpc) is 3.48. The number of aromatic amines is 1. The summed E-state index contributed by atoms with van der Waals surface area (Å²) in [5, 5.41) is 14.3. The van der Waals surface area contributed by atoms with Crippen molar-refractivity contribution in [2.24, 2.45) is 0 Å². The molecule has 2 aromatic heterocycles. The van der Waals surface area contributed by atoms with E-state index in [1.165, 1.54) is 19.3 Å². The molecule has 218 valence electrons. The lowest BCUT2D eigenvalue weighted by molar-refractivity contribution is 0.165. The molecule has 2 aromatic carbocycles. The number of aromatic nitrogens is 5. The molecule has 0 aliphatic heterocycles. The highest BCUT2D eigenvalue weighted by Crippen LogP contribution is 2.33. The zero-order valence-corrected chi connectivity index (χ0v) is 24.9. The Labute approximate surface area is 241 Å². The van der Waals surface area contributed by atoms with Gasteiger partial charge in [0.05, 0.1) is 31.8 Å². The first-order chi connectivity index (χ1) is 19.9. The van der Waals surface area contributed by atoms with Gasteiger partial charge in [0, 0.05) is 24.0 Å². The summed E-state index contributed by atoms with van der Waals surface area (Å²) in [5.74, 6) is 2.30. The summed E-state index contributed by atoms with van der Waals surface area (Å²) in [7, 11) is 3.30. The maximum absolute atomic E-state index is 13.4. The molecular weight excluding hydrogens is 516 g/mol. The monoisotopic (exact) mass is 558 g/mol. The summed E-state index contributed by atoms with van der Waals surface area (Å²) in [6.45, 7) is 7.50. The number of hydrogen-bond donors (Lipinski definition) is 1. The lowest BCUT2D eigenvalue weighted by Crippen LogP contribution is -2.35. The Hall–Kier alpha value is -3.72. The van der Waals surface area contributed by atoms with Gasteiger partial charge in [-0.3, -0.25) is 9.69 Å². The van der Waals surface area contributed by atoms with Gasteiger partial charge in [0.25, 0.3) is 5.56 Å². The van der Waals surface area contributed by atoms with Gasteiger partial charge < -0.3 is 14.5 Å². The third-order valence-corrected chi connectivity index (χ3v) is 8.59. The minimum Gasteiger partial charge on any atom is -0.493 e. The van der Waals surface area contributed by atoms with Crippen molar-refractivity contribution >= 4 is 10.9 Å². The molecule has 1 unspecified atom stereocenters. The molecule has 1 aliphatic rings. The molecule has 41 heavy (non-hydrogen) atoms. The van der Waals surface area contributed by atoms with E-state index < -0.39 is 0 Å². The van der Waals surface area contributed by atoms with Gasteiger partial charge in [0.1, 0.15) is 0 Å². The summed E-state index contributed by atoms with van der Waals surface area (Å²) in [5.41, 5.74) is 4.95. The van der Waals surface area contributed by atoms with Crippen molar-refractivity contribution in [2.45, 2.75) is 84.3 Å². The molecule has 4 aromatic rings. The summed E-state index contributed by atoms with van der Waals surface area (Å²) >= 11 is 0. The molecule has 9 nitrogen and oxygen atoms in total. The largest absolute Gasteiger partial charge is 0.493 e. The van der Waals surface area contributed by atoms with Crippen LogP contribution in [0.15, 0.2) is 41.2 Å². The molecular formula is C32H42N6O3. The minimum absolute atomic E-state index is 0.0410. The van der Waals surface area contributed by atoms with E-state index in [4.69, 9.17) is 9.47 Å². The second-order valence-corrected chi connectivity index (χ2v) is 11.2. The molecule has 1 atom stereocenters. The molecule has 1 aliphatic carbocycles. The molecule has 1 fully saturated rings. The van der Waals surface area contributed by atoms with Crippen LogP contribution in [0.3, 0.4) is 0 Å². The third-order valence-electron chi connectivity index (χ3n) is 8.59. The molecule has 0 spiro atoms. The van der Waals surface area contributed by atoms with E-state index in [2.05, 4.69) is 68.2 Å². The van der Waals surface area contributed by atoms with Gasteiger partial charge in [-0.1, -0.05) is 44.4 Å². The number of benzene rings is 2. The standard InChI is InChI=1S/C32H42N6O3/c1-6-27(31-34-35-36-38(31)25-10-8-7-9-11-25)37(17-16-23-14-15-28(40-4)29(18-23)41-5)20-24-19-26-21(2)12-13-22(3)30(26)33-32(24)39/h12-15,18-19,25,27H,6-11,16-17,20H2,1-5H3,(H,33,39). The summed E-state index contributed by atoms with van der Waals surface area (Å²) in [6, 6.07) is 12.6. The Kier molecular flexibility index (Phi) is 9.03. The Morgan fingerprint density at radius 3 is 2.51 bits per heavy atom. The van der Waals surface area contributed by atoms with Crippen LogP contribution in [0.1, 0.15) is 85.6 Å². The molecule has 0 saturated heterocycles. The van der Waals surface area contributed by atoms with E-state index in [1.807, 2.05) is 19.1 Å². The fourth-order valence-corrected chi connectivity index (χ4v) is 6.22. The maximum atomic E-state index is 13.4. The zero-order chi connectivity index (χ0) is 28.9. The van der Waals surface area contributed by atoms with Crippen molar-refractivity contribution < 1.29 is 9.47 Å². The van der Waals surface area contributed by atoms with Crippen molar-refractivity contribution in [3.05, 3.63) is 74.8 Å². The number of H-pyrrole nitrogens is 1. The Morgan fingerprint density at radius 2 is 1.78 bits per heavy atom. The second-order valence-electron chi connectivity index (χ2n) is 11.2. The van der Waals surface area contributed by atoms with Gasteiger partial charge in [-0.15, -0.1) is 5.10 Å². The normalized spacial score (nSPS) is 15.0. The molecule has 0 amide bonds. The Bertz CT molecular complexity index is 1540. The first-order valence-corrected chi connectivity index (χ1v) is 14.8. The van der Waals surface area contributed by atoms with E-state index >= 15 is 0 Å². The van der Waals surface area contributed by atoms with Gasteiger partial charge in [0.2, 0.25) is 0 Å². The van der Waals surface area contributed by atoms with Crippen LogP contribution >= 0.6 is 0 Å². The smallest absolute Gasteiger partial charge is 0.252 e. The molecule has 9 heteroatoms. The van der Waals surface area contributed by atoms with Crippen LogP contribution in [0.4, 0.5) is 0 Å². The van der Waals surface area contributed by atoms with Gasteiger partial charge >= 0.3 is 0 Å². The summed E-state index contributed by atoms with van der Waals surface area (Å²) in [6.07, 6.45) is 7.47. The highest BCUT2D eigenvalue weighted by Gasteiger charge is 2.29. The number of tetrazole rings is 1. The molecule has 0 radical (unpaired) electrons. The average molecular weight is 559 g/mol. The first-order valence-electron chi connectivity index (χ1n) is 14.8.